The van der Waals surface area contributed by atoms with Crippen molar-refractivity contribution < 1.29 is 19.1 Å². The van der Waals surface area contributed by atoms with Crippen molar-refractivity contribution in [1.82, 2.24) is 0 Å². The van der Waals surface area contributed by atoms with Crippen molar-refractivity contribution in [2.75, 3.05) is 13.2 Å². The van der Waals surface area contributed by atoms with E-state index in [1.54, 1.807) is 0 Å². The topological polar surface area (TPSA) is 52.6 Å². The number of unbranched alkanes of at least 4 members (excludes halogenated alkanes) is 5. The zero-order chi connectivity index (χ0) is 16.1. The van der Waals surface area contributed by atoms with Crippen LogP contribution in [-0.4, -0.2) is 25.2 Å². The van der Waals surface area contributed by atoms with Gasteiger partial charge in [-0.05, 0) is 33.1 Å². The van der Waals surface area contributed by atoms with Crippen molar-refractivity contribution in [1.29, 1.82) is 0 Å². The zero-order valence-corrected chi connectivity index (χ0v) is 13.8. The van der Waals surface area contributed by atoms with Gasteiger partial charge in [0.25, 0.3) is 0 Å². The molecule has 0 aliphatic heterocycles. The number of carbonyl (C=O) groups is 2. The van der Waals surface area contributed by atoms with E-state index in [1.807, 2.05) is 20.8 Å². The maximum Gasteiger partial charge on any atom is 0.330 e. The summed E-state index contributed by atoms with van der Waals surface area (Å²) in [5, 5.41) is 0. The molecule has 0 saturated carbocycles. The molecule has 0 radical (unpaired) electrons. The monoisotopic (exact) mass is 298 g/mol. The highest BCUT2D eigenvalue weighted by molar-refractivity contribution is 5.81. The van der Waals surface area contributed by atoms with E-state index in [2.05, 4.69) is 6.58 Å². The summed E-state index contributed by atoms with van der Waals surface area (Å²) in [5.41, 5.74) is -0.372. The molecule has 0 rings (SSSR count). The Morgan fingerprint density at radius 3 is 1.90 bits per heavy atom. The first-order valence-electron chi connectivity index (χ1n) is 7.90. The average Bonchev–Trinajstić information content (AvgIpc) is 2.48. The van der Waals surface area contributed by atoms with Crippen molar-refractivity contribution >= 4 is 11.9 Å². The molecule has 0 amide bonds. The summed E-state index contributed by atoms with van der Waals surface area (Å²) in [7, 11) is 0. The molecule has 0 saturated heterocycles. The molecule has 0 spiro atoms. The van der Waals surface area contributed by atoms with Gasteiger partial charge in [-0.3, -0.25) is 4.79 Å². The van der Waals surface area contributed by atoms with Crippen LogP contribution >= 0.6 is 0 Å². The Kier molecular flexibility index (Phi) is 10.6. The summed E-state index contributed by atoms with van der Waals surface area (Å²) >= 11 is 0. The van der Waals surface area contributed by atoms with Gasteiger partial charge in [-0.25, -0.2) is 4.79 Å². The van der Waals surface area contributed by atoms with E-state index < -0.39 is 0 Å². The highest BCUT2D eigenvalue weighted by atomic mass is 16.5. The second kappa shape index (κ2) is 11.4. The minimum atomic E-state index is -0.372. The molecule has 4 nitrogen and oxygen atoms in total. The van der Waals surface area contributed by atoms with Crippen LogP contribution in [0, 0.1) is 5.41 Å². The Labute approximate surface area is 128 Å². The van der Waals surface area contributed by atoms with Gasteiger partial charge in [-0.2, -0.15) is 0 Å². The lowest BCUT2D eigenvalue weighted by Crippen LogP contribution is -2.26. The SMILES string of the molecule is C=CC(=O)OCCCCCCCCOC(=O)C(C)(C)CC. The van der Waals surface area contributed by atoms with Gasteiger partial charge in [0.2, 0.25) is 0 Å². The number of rotatable bonds is 12. The van der Waals surface area contributed by atoms with E-state index in [-0.39, 0.29) is 17.4 Å². The van der Waals surface area contributed by atoms with E-state index in [0.717, 1.165) is 44.9 Å². The number of carbonyl (C=O) groups excluding carboxylic acids is 2. The number of hydrogen-bond donors (Lipinski definition) is 0. The summed E-state index contributed by atoms with van der Waals surface area (Å²) in [6.07, 6.45) is 8.11. The van der Waals surface area contributed by atoms with Gasteiger partial charge in [0, 0.05) is 6.08 Å². The van der Waals surface area contributed by atoms with Crippen LogP contribution in [0.25, 0.3) is 0 Å². The quantitative estimate of drug-likeness (QED) is 0.310. The molecule has 0 unspecified atom stereocenters. The maximum absolute atomic E-state index is 11.7. The molecule has 122 valence electrons. The average molecular weight is 298 g/mol. The third-order valence-electron chi connectivity index (χ3n) is 3.62. The van der Waals surface area contributed by atoms with Gasteiger partial charge in [-0.15, -0.1) is 0 Å². The molecule has 0 aliphatic rings. The summed E-state index contributed by atoms with van der Waals surface area (Å²) in [6.45, 7) is 10.1. The first kappa shape index (κ1) is 19.7. The van der Waals surface area contributed by atoms with Crippen molar-refractivity contribution in [2.45, 2.75) is 65.7 Å². The van der Waals surface area contributed by atoms with Crippen LogP contribution in [-0.2, 0) is 19.1 Å². The van der Waals surface area contributed by atoms with Gasteiger partial charge in [0.15, 0.2) is 0 Å². The van der Waals surface area contributed by atoms with Gasteiger partial charge in [-0.1, -0.05) is 39.2 Å². The first-order chi connectivity index (χ1) is 9.94. The molecule has 0 heterocycles. The van der Waals surface area contributed by atoms with E-state index in [1.165, 1.54) is 6.08 Å². The van der Waals surface area contributed by atoms with Crippen LogP contribution in [0.5, 0.6) is 0 Å². The van der Waals surface area contributed by atoms with E-state index in [0.29, 0.717) is 13.2 Å². The lowest BCUT2D eigenvalue weighted by molar-refractivity contribution is -0.154. The van der Waals surface area contributed by atoms with E-state index >= 15 is 0 Å². The number of ether oxygens (including phenoxy) is 2. The number of esters is 2. The Bertz CT molecular complexity index is 321. The largest absolute Gasteiger partial charge is 0.465 e. The fraction of sp³-hybridized carbons (Fsp3) is 0.765. The Hall–Kier alpha value is -1.32. The second-order valence-electron chi connectivity index (χ2n) is 5.87. The highest BCUT2D eigenvalue weighted by Crippen LogP contribution is 2.21. The van der Waals surface area contributed by atoms with Crippen molar-refractivity contribution in [2.24, 2.45) is 5.41 Å². The molecule has 0 aromatic heterocycles. The third-order valence-corrected chi connectivity index (χ3v) is 3.62. The fourth-order valence-corrected chi connectivity index (χ4v) is 1.65. The molecule has 0 fully saturated rings. The van der Waals surface area contributed by atoms with Crippen LogP contribution in [0.4, 0.5) is 0 Å². The van der Waals surface area contributed by atoms with Gasteiger partial charge >= 0.3 is 11.9 Å². The normalized spacial score (nSPS) is 11.0. The third kappa shape index (κ3) is 10.1. The van der Waals surface area contributed by atoms with Crippen LogP contribution in [0.3, 0.4) is 0 Å². The van der Waals surface area contributed by atoms with Gasteiger partial charge in [0.05, 0.1) is 18.6 Å². The smallest absolute Gasteiger partial charge is 0.330 e. The van der Waals surface area contributed by atoms with Crippen molar-refractivity contribution in [3.63, 3.8) is 0 Å². The van der Waals surface area contributed by atoms with E-state index in [4.69, 9.17) is 9.47 Å². The molecule has 0 bridgehead atoms. The molecule has 21 heavy (non-hydrogen) atoms. The molecule has 4 heteroatoms. The lowest BCUT2D eigenvalue weighted by Gasteiger charge is -2.20. The molecule has 0 aromatic carbocycles. The Morgan fingerprint density at radius 1 is 0.952 bits per heavy atom. The summed E-state index contributed by atoms with van der Waals surface area (Å²) in [6, 6.07) is 0. The maximum atomic E-state index is 11.7. The predicted octanol–water partition coefficient (Wildman–Crippen LogP) is 4.04. The van der Waals surface area contributed by atoms with Crippen molar-refractivity contribution in [3.05, 3.63) is 12.7 Å². The highest BCUT2D eigenvalue weighted by Gasteiger charge is 2.26. The summed E-state index contributed by atoms with van der Waals surface area (Å²) < 4.78 is 10.2. The lowest BCUT2D eigenvalue weighted by atomic mass is 9.91. The molecule has 0 aliphatic carbocycles. The molecule has 0 atom stereocenters. The van der Waals surface area contributed by atoms with Crippen molar-refractivity contribution in [3.8, 4) is 0 Å². The van der Waals surface area contributed by atoms with Crippen LogP contribution in [0.15, 0.2) is 12.7 Å². The predicted molar refractivity (Wildman–Crippen MR) is 83.9 cm³/mol. The molecule has 0 N–H and O–H groups in total. The molecular weight excluding hydrogens is 268 g/mol. The minimum absolute atomic E-state index is 0.103. The summed E-state index contributed by atoms with van der Waals surface area (Å²) in [5.74, 6) is -0.458. The van der Waals surface area contributed by atoms with Crippen LogP contribution < -0.4 is 0 Å². The van der Waals surface area contributed by atoms with Crippen LogP contribution in [0.1, 0.15) is 65.7 Å². The van der Waals surface area contributed by atoms with Gasteiger partial charge in [0.1, 0.15) is 0 Å². The number of hydrogen-bond acceptors (Lipinski definition) is 4. The molecule has 0 aromatic rings. The Morgan fingerprint density at radius 2 is 1.43 bits per heavy atom. The minimum Gasteiger partial charge on any atom is -0.465 e. The van der Waals surface area contributed by atoms with Gasteiger partial charge < -0.3 is 9.47 Å². The zero-order valence-electron chi connectivity index (χ0n) is 13.8. The standard InChI is InChI=1S/C17H30O4/c1-5-15(18)20-13-11-9-7-8-10-12-14-21-16(19)17(3,4)6-2/h5H,1,6-14H2,2-4H3. The molecular formula is C17H30O4. The summed E-state index contributed by atoms with van der Waals surface area (Å²) in [4.78, 5) is 22.5. The van der Waals surface area contributed by atoms with E-state index in [9.17, 15) is 9.59 Å². The Balaban J connectivity index is 3.36. The van der Waals surface area contributed by atoms with Crippen LogP contribution in [0.2, 0.25) is 0 Å². The second-order valence-corrected chi connectivity index (χ2v) is 5.87. The first-order valence-corrected chi connectivity index (χ1v) is 7.90. The fourth-order valence-electron chi connectivity index (χ4n) is 1.65.